The number of aromatic amines is 1. The number of fused-ring (bicyclic) bond motifs is 5. The third-order valence-corrected chi connectivity index (χ3v) is 11.7. The van der Waals surface area contributed by atoms with Crippen LogP contribution in [0, 0.1) is 0 Å². The zero-order chi connectivity index (χ0) is 32.7. The van der Waals surface area contributed by atoms with Crippen molar-refractivity contribution in [2.24, 2.45) is 0 Å². The minimum Gasteiger partial charge on any atom is -0.387 e. The van der Waals surface area contributed by atoms with E-state index in [-0.39, 0.29) is 26.5 Å². The molecule has 3 fully saturated rings. The molecule has 3 N–H and O–H groups in total. The van der Waals surface area contributed by atoms with Crippen molar-refractivity contribution in [2.75, 3.05) is 13.2 Å². The van der Waals surface area contributed by atoms with Gasteiger partial charge in [-0.25, -0.2) is 24.1 Å². The van der Waals surface area contributed by atoms with E-state index in [4.69, 9.17) is 62.4 Å². The molecule has 10 unspecified atom stereocenters. The summed E-state index contributed by atoms with van der Waals surface area (Å²) in [6.45, 7) is -9.91. The number of aromatic nitrogens is 6. The molecule has 2 bridgehead atoms. The first kappa shape index (κ1) is 33.3. The lowest BCUT2D eigenvalue weighted by Crippen LogP contribution is -2.36. The van der Waals surface area contributed by atoms with Crippen molar-refractivity contribution >= 4 is 95.1 Å². The number of imidazole rings is 2. The Morgan fingerprint density at radius 3 is 2.30 bits per heavy atom. The average Bonchev–Trinajstić information content (AvgIpc) is 3.71. The third kappa shape index (κ3) is 5.97. The van der Waals surface area contributed by atoms with Gasteiger partial charge in [0.15, 0.2) is 23.6 Å². The van der Waals surface area contributed by atoms with Crippen LogP contribution in [0.4, 0.5) is 0 Å². The molecular formula is C22H21Cl3N6O11P2S2. The summed E-state index contributed by atoms with van der Waals surface area (Å²) >= 11 is 26.9. The highest BCUT2D eigenvalue weighted by molar-refractivity contribution is 8.44. The molecule has 0 spiro atoms. The van der Waals surface area contributed by atoms with Gasteiger partial charge < -0.3 is 24.7 Å². The Morgan fingerprint density at radius 2 is 1.57 bits per heavy atom. The van der Waals surface area contributed by atoms with E-state index in [2.05, 4.69) is 44.4 Å². The monoisotopic (exact) mass is 776 g/mol. The van der Waals surface area contributed by atoms with Crippen LogP contribution in [0.3, 0.4) is 0 Å². The number of hydrogen-bond donors (Lipinski definition) is 5. The van der Waals surface area contributed by atoms with Gasteiger partial charge in [-0.05, 0) is 23.7 Å². The van der Waals surface area contributed by atoms with Crippen molar-refractivity contribution in [1.29, 1.82) is 0 Å². The maximum atomic E-state index is 13.6. The predicted molar refractivity (Wildman–Crippen MR) is 168 cm³/mol. The Labute approximate surface area is 282 Å². The van der Waals surface area contributed by atoms with Gasteiger partial charge in [-0.15, -0.1) is 0 Å². The topological polar surface area (TPSA) is 211 Å². The van der Waals surface area contributed by atoms with E-state index in [0.717, 1.165) is 6.33 Å². The highest BCUT2D eigenvalue weighted by Gasteiger charge is 2.53. The molecule has 10 atom stereocenters. The van der Waals surface area contributed by atoms with E-state index in [1.807, 2.05) is 0 Å². The number of ether oxygens (including phenoxy) is 2. The molecule has 1 aromatic carbocycles. The van der Waals surface area contributed by atoms with Crippen LogP contribution in [-0.2, 0) is 36.7 Å². The number of nitrogens with zero attached hydrogens (tertiary/aromatic N) is 5. The summed E-state index contributed by atoms with van der Waals surface area (Å²) in [4.78, 5) is 27.0. The number of aliphatic hydroxyl groups is 2. The van der Waals surface area contributed by atoms with Crippen molar-refractivity contribution in [3.63, 3.8) is 0 Å². The molecule has 248 valence electrons. The summed E-state index contributed by atoms with van der Waals surface area (Å²) in [5.41, 5.74) is 0.151. The molecule has 3 aliphatic heterocycles. The largest absolute Gasteiger partial charge is 0.387 e. The second-order valence-corrected chi connectivity index (χ2v) is 17.2. The second-order valence-electron chi connectivity index (χ2n) is 10.3. The van der Waals surface area contributed by atoms with Crippen LogP contribution < -0.4 is 5.56 Å². The van der Waals surface area contributed by atoms with Crippen molar-refractivity contribution < 1.29 is 46.9 Å². The van der Waals surface area contributed by atoms with Gasteiger partial charge in [0.2, 0.25) is 5.28 Å². The normalized spacial score (nSPS) is 37.2. The zero-order valence-corrected chi connectivity index (χ0v) is 28.4. The summed E-state index contributed by atoms with van der Waals surface area (Å²) in [5.74, 6) is 0. The zero-order valence-electron chi connectivity index (χ0n) is 22.6. The van der Waals surface area contributed by atoms with Crippen LogP contribution in [0.2, 0.25) is 15.3 Å². The van der Waals surface area contributed by atoms with Gasteiger partial charge in [0, 0.05) is 0 Å². The Morgan fingerprint density at radius 1 is 0.913 bits per heavy atom. The van der Waals surface area contributed by atoms with Crippen LogP contribution in [0.15, 0.2) is 29.6 Å². The van der Waals surface area contributed by atoms with Crippen molar-refractivity contribution in [1.82, 2.24) is 29.1 Å². The fourth-order valence-electron chi connectivity index (χ4n) is 5.45. The predicted octanol–water partition coefficient (Wildman–Crippen LogP) is 3.54. The van der Waals surface area contributed by atoms with Crippen LogP contribution in [0.1, 0.15) is 12.5 Å². The molecule has 0 aliphatic carbocycles. The lowest BCUT2D eigenvalue weighted by Gasteiger charge is -2.26. The van der Waals surface area contributed by atoms with Crippen molar-refractivity contribution in [3.05, 3.63) is 50.5 Å². The lowest BCUT2D eigenvalue weighted by molar-refractivity contribution is -0.0574. The average molecular weight is 778 g/mol. The molecule has 3 saturated heterocycles. The summed E-state index contributed by atoms with van der Waals surface area (Å²) in [7, 11) is 0. The van der Waals surface area contributed by atoms with E-state index in [1.54, 1.807) is 0 Å². The summed E-state index contributed by atoms with van der Waals surface area (Å²) in [5, 5.41) is 22.8. The third-order valence-electron chi connectivity index (χ3n) is 7.52. The van der Waals surface area contributed by atoms with Gasteiger partial charge in [-0.3, -0.25) is 32.0 Å². The van der Waals surface area contributed by atoms with Crippen molar-refractivity contribution in [3.8, 4) is 0 Å². The molecule has 0 saturated carbocycles. The Balaban J connectivity index is 1.21. The van der Waals surface area contributed by atoms with Crippen LogP contribution in [0.25, 0.3) is 22.2 Å². The number of thiol groups is 2. The maximum Gasteiger partial charge on any atom is 0.386 e. The van der Waals surface area contributed by atoms with E-state index in [1.165, 1.54) is 27.6 Å². The molecule has 3 aromatic heterocycles. The van der Waals surface area contributed by atoms with Crippen LogP contribution in [-0.4, -0.2) is 89.1 Å². The molecular weight excluding hydrogens is 757 g/mol. The first-order valence-electron chi connectivity index (χ1n) is 13.1. The first-order chi connectivity index (χ1) is 21.7. The van der Waals surface area contributed by atoms with Gasteiger partial charge in [0.05, 0.1) is 46.9 Å². The van der Waals surface area contributed by atoms with E-state index >= 15 is 0 Å². The highest BCUT2D eigenvalue weighted by Crippen LogP contribution is 2.60. The Kier molecular flexibility index (Phi) is 8.87. The molecule has 0 radical (unpaired) electrons. The number of hydrogen-bond acceptors (Lipinski definition) is 14. The Bertz CT molecular complexity index is 2000. The summed E-state index contributed by atoms with van der Waals surface area (Å²) in [6.07, 6.45) is -8.87. The van der Waals surface area contributed by atoms with Crippen LogP contribution >= 0.6 is 72.9 Å². The van der Waals surface area contributed by atoms with Crippen LogP contribution in [0.5, 0.6) is 0 Å². The van der Waals surface area contributed by atoms with Gasteiger partial charge in [0.1, 0.15) is 36.6 Å². The minimum absolute atomic E-state index is 0.0410. The first-order valence-corrected chi connectivity index (χ1v) is 19.7. The molecule has 24 heteroatoms. The molecule has 7 rings (SSSR count). The molecule has 46 heavy (non-hydrogen) atoms. The number of H-pyrrole nitrogens is 1. The SMILES string of the molecule is O=c1[nH]cnc2c1ncn2C1OC2COP(=O)(S)OC3C(COP(=O)(S)OC1C2O)OC(n1c(Cl)nc2cc(Cl)c(Cl)cc21)C3O. The lowest BCUT2D eigenvalue weighted by atomic mass is 10.1. The summed E-state index contributed by atoms with van der Waals surface area (Å²) < 4.78 is 63.9. The minimum atomic E-state index is -4.38. The molecule has 0 amide bonds. The number of aliphatic hydroxyl groups excluding tert-OH is 2. The Hall–Kier alpha value is -1.25. The van der Waals surface area contributed by atoms with Gasteiger partial charge in [-0.1, -0.05) is 47.7 Å². The van der Waals surface area contributed by atoms with E-state index in [0.29, 0.717) is 11.0 Å². The van der Waals surface area contributed by atoms with Gasteiger partial charge >= 0.3 is 13.6 Å². The number of halogens is 3. The molecule has 6 heterocycles. The smallest absolute Gasteiger partial charge is 0.386 e. The number of nitrogens with one attached hydrogen (secondary N) is 1. The fourth-order valence-corrected chi connectivity index (χ4v) is 8.99. The molecule has 17 nitrogen and oxygen atoms in total. The van der Waals surface area contributed by atoms with Gasteiger partial charge in [0.25, 0.3) is 5.56 Å². The fraction of sp³-hybridized carbons (Fsp3) is 0.455. The molecule has 3 aliphatic rings. The van der Waals surface area contributed by atoms with E-state index in [9.17, 15) is 24.1 Å². The quantitative estimate of drug-likeness (QED) is 0.146. The number of rotatable bonds is 2. The van der Waals surface area contributed by atoms with E-state index < -0.39 is 81.4 Å². The maximum absolute atomic E-state index is 13.6. The van der Waals surface area contributed by atoms with Gasteiger partial charge in [-0.2, -0.15) is 0 Å². The standard InChI is InChI=1S/C22H21Cl3N6O11P2S2/c23-7-1-9-10(2-8(7)24)31(22(25)29-9)20-15(33)16-12(40-20)4-38-44(36,46)42-17-14(32)11(3-37-43(35,45)41-16)39-21(17)30-6-28-13-18(30)26-5-27-19(13)34/h1-2,5-6,11-12,14-17,20-21,32-33H,3-4H2,(H,35,45)(H,36,46)(H,26,27,34). The highest BCUT2D eigenvalue weighted by atomic mass is 35.5. The van der Waals surface area contributed by atoms with Crippen molar-refractivity contribution in [2.45, 2.75) is 49.1 Å². The number of benzene rings is 1. The second kappa shape index (κ2) is 12.3. The molecule has 4 aromatic rings. The summed E-state index contributed by atoms with van der Waals surface area (Å²) in [6, 6.07) is 2.94.